The molecule has 4 heterocycles. The lowest BCUT2D eigenvalue weighted by Crippen LogP contribution is -2.10. The lowest BCUT2D eigenvalue weighted by Gasteiger charge is -2.15. The fourth-order valence-electron chi connectivity index (χ4n) is 3.94. The predicted molar refractivity (Wildman–Crippen MR) is 118 cm³/mol. The van der Waals surface area contributed by atoms with Crippen molar-refractivity contribution in [1.82, 2.24) is 39.5 Å². The normalized spacial score (nSPS) is 12.8. The van der Waals surface area contributed by atoms with Crippen LogP contribution in [0.4, 0.5) is 27.8 Å². The number of hydrogen-bond acceptors (Lipinski definition) is 7. The molecule has 0 bridgehead atoms. The Balaban J connectivity index is 1.61. The Bertz CT molecular complexity index is 1560. The number of rotatable bonds is 5. The quantitative estimate of drug-likeness (QED) is 0.356. The van der Waals surface area contributed by atoms with E-state index in [9.17, 15) is 22.0 Å². The maximum atomic E-state index is 14.3. The molecule has 184 valence electrons. The van der Waals surface area contributed by atoms with Crippen LogP contribution in [0, 0.1) is 11.6 Å². The summed E-state index contributed by atoms with van der Waals surface area (Å²) in [5.41, 5.74) is 7.65. The zero-order chi connectivity index (χ0) is 25.6. The second kappa shape index (κ2) is 8.62. The van der Waals surface area contributed by atoms with Crippen molar-refractivity contribution in [2.45, 2.75) is 25.6 Å². The molecule has 9 nitrogen and oxygen atoms in total. The summed E-state index contributed by atoms with van der Waals surface area (Å²) in [6.07, 6.45) is 2.32. The molecule has 0 fully saturated rings. The molecule has 0 radical (unpaired) electrons. The average Bonchev–Trinajstić information content (AvgIpc) is 3.46. The van der Waals surface area contributed by atoms with Crippen molar-refractivity contribution in [1.29, 1.82) is 0 Å². The fraction of sp³-hybridized carbons (Fsp3) is 0.182. The van der Waals surface area contributed by atoms with Crippen LogP contribution < -0.4 is 5.73 Å². The van der Waals surface area contributed by atoms with Crippen molar-refractivity contribution in [2.24, 2.45) is 0 Å². The summed E-state index contributed by atoms with van der Waals surface area (Å²) in [4.78, 5) is 15.2. The van der Waals surface area contributed by atoms with E-state index in [-0.39, 0.29) is 17.1 Å². The second-order valence-electron chi connectivity index (χ2n) is 7.81. The zero-order valence-electron chi connectivity index (χ0n) is 18.4. The van der Waals surface area contributed by atoms with Crippen molar-refractivity contribution in [3.05, 3.63) is 72.5 Å². The van der Waals surface area contributed by atoms with Gasteiger partial charge in [-0.25, -0.2) is 33.4 Å². The van der Waals surface area contributed by atoms with E-state index >= 15 is 0 Å². The van der Waals surface area contributed by atoms with E-state index in [1.54, 1.807) is 10.8 Å². The smallest absolute Gasteiger partial charge is 0.383 e. The van der Waals surface area contributed by atoms with Crippen LogP contribution in [0.25, 0.3) is 27.8 Å². The first-order valence-electron chi connectivity index (χ1n) is 10.6. The molecule has 0 aliphatic rings. The molecule has 36 heavy (non-hydrogen) atoms. The third-order valence-corrected chi connectivity index (χ3v) is 5.59. The Kier molecular flexibility index (Phi) is 5.57. The molecule has 0 saturated heterocycles. The first-order valence-corrected chi connectivity index (χ1v) is 10.6. The van der Waals surface area contributed by atoms with Gasteiger partial charge >= 0.3 is 6.18 Å². The van der Waals surface area contributed by atoms with Crippen LogP contribution in [0.15, 0.2) is 49.3 Å². The standard InChI is InChI=1S/C22H16F5N9/c1-2-16(15-9-36(34-33-15)17-4-3-12(23)5-14(17)24)35-8-13(18-19(28)31-10-32-20(18)35)11-6-29-21(30-7-11)22(25,26)27/h3-10,16H,2H2,1H3,(H2,28,31,32). The van der Waals surface area contributed by atoms with Crippen molar-refractivity contribution in [3.8, 4) is 16.8 Å². The zero-order valence-corrected chi connectivity index (χ0v) is 18.4. The number of halogens is 5. The van der Waals surface area contributed by atoms with E-state index in [0.717, 1.165) is 24.5 Å². The van der Waals surface area contributed by atoms with Gasteiger partial charge in [0.05, 0.1) is 17.6 Å². The lowest BCUT2D eigenvalue weighted by molar-refractivity contribution is -0.144. The number of nitrogen functional groups attached to an aromatic ring is 1. The Hall–Kier alpha value is -4.49. The van der Waals surface area contributed by atoms with Crippen LogP contribution >= 0.6 is 0 Å². The third-order valence-electron chi connectivity index (χ3n) is 5.59. The Morgan fingerprint density at radius 2 is 1.78 bits per heavy atom. The summed E-state index contributed by atoms with van der Waals surface area (Å²) in [6, 6.07) is 2.62. The highest BCUT2D eigenvalue weighted by Gasteiger charge is 2.34. The first kappa shape index (κ1) is 23.3. The van der Waals surface area contributed by atoms with Gasteiger partial charge in [-0.15, -0.1) is 5.10 Å². The molecule has 1 aromatic carbocycles. The van der Waals surface area contributed by atoms with Gasteiger partial charge in [-0.2, -0.15) is 13.2 Å². The van der Waals surface area contributed by atoms with Crippen molar-refractivity contribution in [2.75, 3.05) is 5.73 Å². The van der Waals surface area contributed by atoms with Crippen molar-refractivity contribution < 1.29 is 22.0 Å². The van der Waals surface area contributed by atoms with E-state index in [4.69, 9.17) is 5.73 Å². The third kappa shape index (κ3) is 3.99. The summed E-state index contributed by atoms with van der Waals surface area (Å²) in [5.74, 6) is -2.69. The van der Waals surface area contributed by atoms with Crippen LogP contribution in [0.2, 0.25) is 0 Å². The maximum absolute atomic E-state index is 14.3. The summed E-state index contributed by atoms with van der Waals surface area (Å²) >= 11 is 0. The minimum atomic E-state index is -4.68. The van der Waals surface area contributed by atoms with Gasteiger partial charge in [0.2, 0.25) is 5.82 Å². The van der Waals surface area contributed by atoms with Crippen molar-refractivity contribution in [3.63, 3.8) is 0 Å². The van der Waals surface area contributed by atoms with Crippen LogP contribution in [-0.2, 0) is 6.18 Å². The maximum Gasteiger partial charge on any atom is 0.451 e. The molecule has 2 N–H and O–H groups in total. The number of nitrogens with two attached hydrogens (primary N) is 1. The van der Waals surface area contributed by atoms with E-state index in [1.165, 1.54) is 23.3 Å². The fourth-order valence-corrected chi connectivity index (χ4v) is 3.94. The number of fused-ring (bicyclic) bond motifs is 1. The Morgan fingerprint density at radius 1 is 1.03 bits per heavy atom. The van der Waals surface area contributed by atoms with E-state index < -0.39 is 29.7 Å². The number of hydrogen-bond donors (Lipinski definition) is 1. The number of benzene rings is 1. The molecular weight excluding hydrogens is 485 g/mol. The molecule has 4 aromatic heterocycles. The Morgan fingerprint density at radius 3 is 2.44 bits per heavy atom. The SMILES string of the molecule is CCC(c1cn(-c2ccc(F)cc2F)nn1)n1cc(-c2cnc(C(F)(F)F)nc2)c2c(N)ncnc21. The second-order valence-corrected chi connectivity index (χ2v) is 7.81. The van der Waals surface area contributed by atoms with Gasteiger partial charge in [-0.3, -0.25) is 0 Å². The summed E-state index contributed by atoms with van der Waals surface area (Å²) in [7, 11) is 0. The van der Waals surface area contributed by atoms with Crippen LogP contribution in [-0.4, -0.2) is 39.5 Å². The van der Waals surface area contributed by atoms with Gasteiger partial charge in [-0.05, 0) is 18.6 Å². The highest BCUT2D eigenvalue weighted by Crippen LogP contribution is 2.36. The highest BCUT2D eigenvalue weighted by molar-refractivity contribution is 6.00. The van der Waals surface area contributed by atoms with Gasteiger partial charge in [0.1, 0.15) is 35.0 Å². The minimum Gasteiger partial charge on any atom is -0.383 e. The molecule has 1 atom stereocenters. The summed E-state index contributed by atoms with van der Waals surface area (Å²) in [6.45, 7) is 1.87. The van der Waals surface area contributed by atoms with Gasteiger partial charge in [-0.1, -0.05) is 12.1 Å². The molecule has 0 amide bonds. The van der Waals surface area contributed by atoms with Crippen LogP contribution in [0.3, 0.4) is 0 Å². The number of alkyl halides is 3. The molecule has 14 heteroatoms. The number of nitrogens with zero attached hydrogens (tertiary/aromatic N) is 8. The number of anilines is 1. The van der Waals surface area contributed by atoms with Crippen LogP contribution in [0.5, 0.6) is 0 Å². The largest absolute Gasteiger partial charge is 0.451 e. The van der Waals surface area contributed by atoms with Crippen LogP contribution in [0.1, 0.15) is 30.9 Å². The van der Waals surface area contributed by atoms with Gasteiger partial charge in [0.25, 0.3) is 0 Å². The summed E-state index contributed by atoms with van der Waals surface area (Å²) < 4.78 is 69.2. The van der Waals surface area contributed by atoms with E-state index in [1.807, 2.05) is 6.92 Å². The molecule has 0 aliphatic carbocycles. The average molecular weight is 501 g/mol. The van der Waals surface area contributed by atoms with Gasteiger partial charge in [0.15, 0.2) is 5.82 Å². The predicted octanol–water partition coefficient (Wildman–Crippen LogP) is 4.35. The van der Waals surface area contributed by atoms with E-state index in [2.05, 4.69) is 30.2 Å². The lowest BCUT2D eigenvalue weighted by atomic mass is 10.1. The first-order chi connectivity index (χ1) is 17.2. The Labute approximate surface area is 199 Å². The molecular formula is C22H16F5N9. The molecule has 1 unspecified atom stereocenters. The van der Waals surface area contributed by atoms with Crippen molar-refractivity contribution >= 4 is 16.9 Å². The van der Waals surface area contributed by atoms with Gasteiger partial charge in [0, 0.05) is 35.8 Å². The molecule has 0 aliphatic heterocycles. The molecule has 5 aromatic rings. The molecule has 0 spiro atoms. The highest BCUT2D eigenvalue weighted by atomic mass is 19.4. The van der Waals surface area contributed by atoms with Gasteiger partial charge < -0.3 is 10.3 Å². The molecule has 5 rings (SSSR count). The molecule has 0 saturated carbocycles. The monoisotopic (exact) mass is 501 g/mol. The number of aromatic nitrogens is 8. The minimum absolute atomic E-state index is 0.0107. The topological polar surface area (TPSA) is 113 Å². The summed E-state index contributed by atoms with van der Waals surface area (Å²) in [5, 5.41) is 8.53. The van der Waals surface area contributed by atoms with E-state index in [0.29, 0.717) is 28.7 Å².